The van der Waals surface area contributed by atoms with E-state index in [1.54, 1.807) is 0 Å². The number of aryl methyl sites for hydroxylation is 1. The lowest BCUT2D eigenvalue weighted by Crippen LogP contribution is -2.38. The number of fused-ring (bicyclic) bond motifs is 1. The molecule has 0 amide bonds. The van der Waals surface area contributed by atoms with E-state index in [0.29, 0.717) is 22.9 Å². The maximum absolute atomic E-state index is 14.0. The molecule has 0 atom stereocenters. The number of anilines is 2. The molecule has 1 N–H and O–H groups in total. The lowest BCUT2D eigenvalue weighted by atomic mass is 9.79. The van der Waals surface area contributed by atoms with Gasteiger partial charge in [-0.25, -0.2) is 13.2 Å². The minimum absolute atomic E-state index is 0.0757. The van der Waals surface area contributed by atoms with Crippen LogP contribution in [0.5, 0.6) is 5.75 Å². The lowest BCUT2D eigenvalue weighted by Gasteiger charge is -2.37. The fourth-order valence-electron chi connectivity index (χ4n) is 4.84. The Kier molecular flexibility index (Phi) is 9.16. The standard InChI is InChI=1S/C27H37NO5S2/c1-5-7-13-27(14-8-6-2)18-28(21-11-9-20(3)10-12-21)22-15-24(34-4)23(33-17-26(29)30)16-25(22)35(31,32)19-27/h9-12,15-16H,5-8,13-14,17-19H2,1-4H3,(H,29,30). The van der Waals surface area contributed by atoms with Crippen LogP contribution in [-0.2, 0) is 14.6 Å². The SMILES string of the molecule is CCCCC1(CCCC)CN(c2ccc(C)cc2)c2cc(SC)c(OCC(=O)O)cc2S(=O)(=O)C1. The summed E-state index contributed by atoms with van der Waals surface area (Å²) in [6, 6.07) is 11.6. The van der Waals surface area contributed by atoms with Gasteiger partial charge in [0.25, 0.3) is 0 Å². The molecule has 0 aliphatic carbocycles. The minimum Gasteiger partial charge on any atom is -0.481 e. The van der Waals surface area contributed by atoms with Crippen molar-refractivity contribution in [3.63, 3.8) is 0 Å². The molecule has 0 spiro atoms. The van der Waals surface area contributed by atoms with Crippen LogP contribution >= 0.6 is 11.8 Å². The van der Waals surface area contributed by atoms with Crippen molar-refractivity contribution in [3.05, 3.63) is 42.0 Å². The highest BCUT2D eigenvalue weighted by Gasteiger charge is 2.42. The summed E-state index contributed by atoms with van der Waals surface area (Å²) in [4.78, 5) is 14.2. The van der Waals surface area contributed by atoms with E-state index >= 15 is 0 Å². The van der Waals surface area contributed by atoms with E-state index < -0.39 is 22.4 Å². The van der Waals surface area contributed by atoms with Crippen LogP contribution in [0.25, 0.3) is 0 Å². The fourth-order valence-corrected chi connectivity index (χ4v) is 7.50. The minimum atomic E-state index is -3.66. The molecule has 3 rings (SSSR count). The molecule has 0 bridgehead atoms. The third-order valence-corrected chi connectivity index (χ3v) is 9.43. The number of benzene rings is 2. The molecule has 2 aromatic rings. The molecule has 35 heavy (non-hydrogen) atoms. The van der Waals surface area contributed by atoms with Gasteiger partial charge in [-0.2, -0.15) is 0 Å². The molecule has 0 aromatic heterocycles. The number of hydrogen-bond acceptors (Lipinski definition) is 6. The van der Waals surface area contributed by atoms with Gasteiger partial charge in [0.2, 0.25) is 0 Å². The zero-order valence-corrected chi connectivity index (χ0v) is 22.8. The Hall–Kier alpha value is -2.19. The number of carboxylic acids is 1. The van der Waals surface area contributed by atoms with Gasteiger partial charge >= 0.3 is 5.97 Å². The van der Waals surface area contributed by atoms with Gasteiger partial charge in [0.05, 0.1) is 21.2 Å². The maximum atomic E-state index is 14.0. The summed E-state index contributed by atoms with van der Waals surface area (Å²) in [5.74, 6) is -0.734. The van der Waals surface area contributed by atoms with Crippen molar-refractivity contribution in [2.75, 3.05) is 30.1 Å². The number of carboxylic acid groups (broad SMARTS) is 1. The second kappa shape index (κ2) is 11.7. The van der Waals surface area contributed by atoms with Gasteiger partial charge in [-0.05, 0) is 44.2 Å². The van der Waals surface area contributed by atoms with Crippen LogP contribution in [0.15, 0.2) is 46.2 Å². The quantitative estimate of drug-likeness (QED) is 0.341. The van der Waals surface area contributed by atoms with Crippen molar-refractivity contribution >= 4 is 38.9 Å². The second-order valence-electron chi connectivity index (χ2n) is 9.54. The van der Waals surface area contributed by atoms with Gasteiger partial charge in [0.15, 0.2) is 16.4 Å². The van der Waals surface area contributed by atoms with Gasteiger partial charge in [-0.15, -0.1) is 11.8 Å². The number of nitrogens with zero attached hydrogens (tertiary/aromatic N) is 1. The van der Waals surface area contributed by atoms with Crippen LogP contribution in [0.4, 0.5) is 11.4 Å². The number of ether oxygens (including phenoxy) is 1. The Labute approximate surface area is 214 Å². The fraction of sp³-hybridized carbons (Fsp3) is 0.519. The van der Waals surface area contributed by atoms with E-state index in [-0.39, 0.29) is 16.1 Å². The van der Waals surface area contributed by atoms with Gasteiger partial charge < -0.3 is 14.7 Å². The maximum Gasteiger partial charge on any atom is 0.341 e. The third kappa shape index (κ3) is 6.53. The number of thioether (sulfide) groups is 1. The van der Waals surface area contributed by atoms with Crippen LogP contribution < -0.4 is 9.64 Å². The molecule has 0 saturated carbocycles. The van der Waals surface area contributed by atoms with Gasteiger partial charge in [0.1, 0.15) is 5.75 Å². The molecule has 6 nitrogen and oxygen atoms in total. The molecule has 1 heterocycles. The second-order valence-corrected chi connectivity index (χ2v) is 12.3. The molecule has 192 valence electrons. The molecule has 0 radical (unpaired) electrons. The topological polar surface area (TPSA) is 83.9 Å². The van der Waals surface area contributed by atoms with Gasteiger partial charge in [-0.1, -0.05) is 57.2 Å². The number of rotatable bonds is 11. The average molecular weight is 520 g/mol. The van der Waals surface area contributed by atoms with Crippen molar-refractivity contribution < 1.29 is 23.1 Å². The summed E-state index contributed by atoms with van der Waals surface area (Å²) >= 11 is 1.41. The summed E-state index contributed by atoms with van der Waals surface area (Å²) in [7, 11) is -3.66. The molecule has 8 heteroatoms. The number of sulfone groups is 1. The van der Waals surface area contributed by atoms with Crippen molar-refractivity contribution in [2.45, 2.75) is 69.1 Å². The molecule has 1 aliphatic heterocycles. The highest BCUT2D eigenvalue weighted by atomic mass is 32.2. The molecule has 2 aromatic carbocycles. The smallest absolute Gasteiger partial charge is 0.341 e. The normalized spacial score (nSPS) is 16.4. The number of unbranched alkanes of at least 4 members (excludes halogenated alkanes) is 2. The van der Waals surface area contributed by atoms with Crippen LogP contribution in [0.2, 0.25) is 0 Å². The predicted octanol–water partition coefficient (Wildman–Crippen LogP) is 6.47. The summed E-state index contributed by atoms with van der Waals surface area (Å²) in [6.45, 7) is 6.41. The molecular formula is C27H37NO5S2. The molecule has 1 aliphatic rings. The molecule has 0 fully saturated rings. The highest BCUT2D eigenvalue weighted by Crippen LogP contribution is 2.47. The van der Waals surface area contributed by atoms with Crippen molar-refractivity contribution in [1.29, 1.82) is 0 Å². The Morgan fingerprint density at radius 3 is 2.29 bits per heavy atom. The predicted molar refractivity (Wildman–Crippen MR) is 143 cm³/mol. The van der Waals surface area contributed by atoms with Crippen molar-refractivity contribution in [1.82, 2.24) is 0 Å². The highest BCUT2D eigenvalue weighted by molar-refractivity contribution is 7.98. The zero-order chi connectivity index (χ0) is 25.6. The van der Waals surface area contributed by atoms with Crippen molar-refractivity contribution in [2.24, 2.45) is 5.41 Å². The Morgan fingerprint density at radius 1 is 1.11 bits per heavy atom. The van der Waals surface area contributed by atoms with E-state index in [4.69, 9.17) is 9.84 Å². The summed E-state index contributed by atoms with van der Waals surface area (Å²) < 4.78 is 33.4. The first-order valence-corrected chi connectivity index (χ1v) is 15.2. The monoisotopic (exact) mass is 519 g/mol. The Morgan fingerprint density at radius 2 is 1.74 bits per heavy atom. The summed E-state index contributed by atoms with van der Waals surface area (Å²) in [5, 5.41) is 9.11. The van der Waals surface area contributed by atoms with Crippen LogP contribution in [0.3, 0.4) is 0 Å². The van der Waals surface area contributed by atoms with Crippen LogP contribution in [0.1, 0.15) is 57.9 Å². The van der Waals surface area contributed by atoms with Crippen LogP contribution in [-0.4, -0.2) is 44.7 Å². The average Bonchev–Trinajstić information content (AvgIpc) is 2.92. The molecular weight excluding hydrogens is 482 g/mol. The third-order valence-electron chi connectivity index (χ3n) is 6.68. The number of aliphatic carboxylic acids is 1. The van der Waals surface area contributed by atoms with Crippen molar-refractivity contribution in [3.8, 4) is 5.75 Å². The summed E-state index contributed by atoms with van der Waals surface area (Å²) in [6.07, 6.45) is 7.53. The van der Waals surface area contributed by atoms with E-state index in [1.165, 1.54) is 17.8 Å². The number of hydrogen-bond donors (Lipinski definition) is 1. The zero-order valence-electron chi connectivity index (χ0n) is 21.2. The number of carbonyl (C=O) groups is 1. The first kappa shape index (κ1) is 27.4. The van der Waals surface area contributed by atoms with E-state index in [0.717, 1.165) is 49.8 Å². The van der Waals surface area contributed by atoms with Gasteiger partial charge in [0, 0.05) is 23.7 Å². The summed E-state index contributed by atoms with van der Waals surface area (Å²) in [5.41, 5.74) is 2.35. The van der Waals surface area contributed by atoms with E-state index in [9.17, 15) is 13.2 Å². The van der Waals surface area contributed by atoms with E-state index in [1.807, 2.05) is 31.4 Å². The first-order chi connectivity index (χ1) is 16.6. The molecule has 0 saturated heterocycles. The molecule has 0 unspecified atom stereocenters. The van der Waals surface area contributed by atoms with E-state index in [2.05, 4.69) is 30.9 Å². The Bertz CT molecular complexity index is 1120. The lowest BCUT2D eigenvalue weighted by molar-refractivity contribution is -0.139. The Balaban J connectivity index is 2.24. The largest absolute Gasteiger partial charge is 0.481 e. The van der Waals surface area contributed by atoms with Gasteiger partial charge in [-0.3, -0.25) is 0 Å². The first-order valence-electron chi connectivity index (χ1n) is 12.3. The van der Waals surface area contributed by atoms with Crippen LogP contribution in [0, 0.1) is 12.3 Å².